The minimum atomic E-state index is -3.57. The van der Waals surface area contributed by atoms with E-state index in [4.69, 9.17) is 9.26 Å². The molecule has 0 aromatic heterocycles. The lowest BCUT2D eigenvalue weighted by molar-refractivity contribution is 0.344. The molecule has 0 aliphatic carbocycles. The van der Waals surface area contributed by atoms with Crippen LogP contribution in [0.15, 0.2) is 33.3 Å². The summed E-state index contributed by atoms with van der Waals surface area (Å²) in [6, 6.07) is 6.77. The Kier molecular flexibility index (Phi) is 8.98. The third-order valence-electron chi connectivity index (χ3n) is 5.12. The first-order chi connectivity index (χ1) is 15.8. The SMILES string of the molecule is CCOP(=O)(Nc1nc(=O)n2c(C)c(C)sc(SCCCCCF)c1-2)c1ccc(OC)cc1. The molecule has 0 spiro atoms. The van der Waals surface area contributed by atoms with Gasteiger partial charge < -0.3 is 9.26 Å². The number of alkyl halides is 1. The summed E-state index contributed by atoms with van der Waals surface area (Å²) < 4.78 is 39.6. The van der Waals surface area contributed by atoms with E-state index >= 15 is 0 Å². The van der Waals surface area contributed by atoms with Crippen molar-refractivity contribution in [2.24, 2.45) is 0 Å². The number of hydrogen-bond donors (Lipinski definition) is 1. The average molecular weight is 514 g/mol. The van der Waals surface area contributed by atoms with Crippen molar-refractivity contribution in [1.29, 1.82) is 0 Å². The molecule has 1 N–H and O–H groups in total. The van der Waals surface area contributed by atoms with E-state index in [1.807, 2.05) is 13.8 Å². The molecule has 2 aliphatic rings. The maximum absolute atomic E-state index is 13.9. The molecule has 3 rings (SSSR count). The molecule has 1 aromatic carbocycles. The van der Waals surface area contributed by atoms with E-state index in [2.05, 4.69) is 10.1 Å². The van der Waals surface area contributed by atoms with E-state index in [1.165, 1.54) is 0 Å². The van der Waals surface area contributed by atoms with Crippen LogP contribution in [-0.4, -0.2) is 35.7 Å². The van der Waals surface area contributed by atoms with Gasteiger partial charge in [-0.15, -0.1) is 23.1 Å². The van der Waals surface area contributed by atoms with Crippen molar-refractivity contribution < 1.29 is 18.2 Å². The Bertz CT molecular complexity index is 1150. The smallest absolute Gasteiger partial charge is 0.354 e. The first-order valence-electron chi connectivity index (χ1n) is 10.7. The standard InChI is InChI=1S/C22H29FN3O4PS2/c1-5-30-31(28,18-11-9-17(29-4)10-12-18)25-20-19-21(32-14-8-6-7-13-23)33-16(3)15(2)26(19)22(27)24-20/h9-12H,5-8,13-14H2,1-4H3,(H,24,25,27,28). The lowest BCUT2D eigenvalue weighted by Gasteiger charge is -2.21. The molecule has 0 amide bonds. The molecule has 33 heavy (non-hydrogen) atoms. The molecule has 0 radical (unpaired) electrons. The fourth-order valence-corrected chi connectivity index (χ4v) is 7.51. The fraction of sp³-hybridized carbons (Fsp3) is 0.455. The Morgan fingerprint density at radius 2 is 1.94 bits per heavy atom. The van der Waals surface area contributed by atoms with Crippen molar-refractivity contribution in [3.63, 3.8) is 0 Å². The second-order valence-electron chi connectivity index (χ2n) is 7.34. The van der Waals surface area contributed by atoms with Gasteiger partial charge in [-0.2, -0.15) is 4.98 Å². The first-order valence-corrected chi connectivity index (χ1v) is 14.2. The number of anilines is 1. The largest absolute Gasteiger partial charge is 0.497 e. The van der Waals surface area contributed by atoms with Crippen LogP contribution in [0, 0.1) is 13.8 Å². The molecule has 1 atom stereocenters. The van der Waals surface area contributed by atoms with E-state index in [0.29, 0.717) is 23.2 Å². The molecule has 2 aliphatic heterocycles. The number of hydrogen-bond acceptors (Lipinski definition) is 7. The number of halogens is 1. The summed E-state index contributed by atoms with van der Waals surface area (Å²) in [4.78, 5) is 18.0. The molecule has 0 bridgehead atoms. The van der Waals surface area contributed by atoms with Crippen molar-refractivity contribution in [2.45, 2.75) is 44.2 Å². The number of nitrogens with zero attached hydrogens (tertiary/aromatic N) is 2. The highest BCUT2D eigenvalue weighted by Crippen LogP contribution is 2.48. The Morgan fingerprint density at radius 1 is 1.21 bits per heavy atom. The van der Waals surface area contributed by atoms with Gasteiger partial charge in [0.2, 0.25) is 0 Å². The predicted octanol–water partition coefficient (Wildman–Crippen LogP) is 5.56. The van der Waals surface area contributed by atoms with Crippen LogP contribution in [0.5, 0.6) is 5.75 Å². The summed E-state index contributed by atoms with van der Waals surface area (Å²) in [5.74, 6) is 1.66. The highest BCUT2D eigenvalue weighted by molar-refractivity contribution is 8.01. The molecule has 1 unspecified atom stereocenters. The molecular weight excluding hydrogens is 484 g/mol. The van der Waals surface area contributed by atoms with Gasteiger partial charge in [-0.25, -0.2) is 4.79 Å². The number of aromatic nitrogens is 2. The van der Waals surface area contributed by atoms with Crippen molar-refractivity contribution in [3.8, 4) is 11.4 Å². The van der Waals surface area contributed by atoms with Crippen molar-refractivity contribution >= 4 is 41.7 Å². The number of fused-ring (bicyclic) bond motifs is 1. The maximum Gasteiger partial charge on any atom is 0.354 e. The van der Waals surface area contributed by atoms with Crippen LogP contribution in [0.3, 0.4) is 0 Å². The van der Waals surface area contributed by atoms with Gasteiger partial charge in [-0.1, -0.05) is 6.42 Å². The van der Waals surface area contributed by atoms with Crippen molar-refractivity contribution in [2.75, 3.05) is 31.2 Å². The summed E-state index contributed by atoms with van der Waals surface area (Å²) in [5, 5.41) is 3.43. The zero-order valence-electron chi connectivity index (χ0n) is 19.2. The quantitative estimate of drug-likeness (QED) is 0.193. The lowest BCUT2D eigenvalue weighted by Crippen LogP contribution is -2.17. The monoisotopic (exact) mass is 513 g/mol. The second-order valence-corrected chi connectivity index (χ2v) is 12.0. The van der Waals surface area contributed by atoms with E-state index < -0.39 is 13.2 Å². The maximum atomic E-state index is 13.9. The minimum Gasteiger partial charge on any atom is -0.497 e. The van der Waals surface area contributed by atoms with Gasteiger partial charge >= 0.3 is 13.2 Å². The second kappa shape index (κ2) is 11.5. The molecule has 0 saturated heterocycles. The van der Waals surface area contributed by atoms with E-state index in [0.717, 1.165) is 33.4 Å². The third-order valence-corrected chi connectivity index (χ3v) is 9.76. The summed E-state index contributed by atoms with van der Waals surface area (Å²) >= 11 is 3.17. The van der Waals surface area contributed by atoms with Gasteiger partial charge in [-0.3, -0.25) is 18.6 Å². The highest BCUT2D eigenvalue weighted by Gasteiger charge is 2.31. The van der Waals surface area contributed by atoms with Crippen molar-refractivity contribution in [1.82, 2.24) is 9.55 Å². The Balaban J connectivity index is 2.01. The number of imidazole rings is 1. The number of nitrogens with one attached hydrogen (secondary N) is 1. The molecule has 2 heterocycles. The van der Waals surface area contributed by atoms with E-state index in [-0.39, 0.29) is 19.1 Å². The lowest BCUT2D eigenvalue weighted by atomic mass is 10.3. The number of unbranched alkanes of at least 4 members (excludes halogenated alkanes) is 2. The average Bonchev–Trinajstić information content (AvgIpc) is 3.12. The number of benzene rings is 1. The molecule has 0 saturated carbocycles. The van der Waals surface area contributed by atoms with Gasteiger partial charge in [0.15, 0.2) is 5.82 Å². The van der Waals surface area contributed by atoms with Crippen LogP contribution in [-0.2, 0) is 9.09 Å². The number of aryl methyl sites for hydroxylation is 1. The molecule has 1 aromatic rings. The highest BCUT2D eigenvalue weighted by atomic mass is 32.2. The molecule has 11 heteroatoms. The Labute approximate surface area is 201 Å². The molecule has 0 fully saturated rings. The van der Waals surface area contributed by atoms with Gasteiger partial charge in [0.1, 0.15) is 11.4 Å². The summed E-state index contributed by atoms with van der Waals surface area (Å²) in [5.41, 5.74) is 0.952. The van der Waals surface area contributed by atoms with Crippen LogP contribution in [0.4, 0.5) is 10.2 Å². The molecule has 7 nitrogen and oxygen atoms in total. The van der Waals surface area contributed by atoms with Crippen LogP contribution in [0.1, 0.15) is 36.8 Å². The summed E-state index contributed by atoms with van der Waals surface area (Å²) in [7, 11) is -2.01. The number of rotatable bonds is 12. The summed E-state index contributed by atoms with van der Waals surface area (Å²) in [6.45, 7) is 5.49. The van der Waals surface area contributed by atoms with Crippen LogP contribution in [0.2, 0.25) is 0 Å². The number of ether oxygens (including phenoxy) is 1. The first kappa shape index (κ1) is 25.7. The van der Waals surface area contributed by atoms with Gasteiger partial charge in [0, 0.05) is 10.6 Å². The minimum absolute atomic E-state index is 0.212. The number of methoxy groups -OCH3 is 1. The topological polar surface area (TPSA) is 82.5 Å². The van der Waals surface area contributed by atoms with Crippen LogP contribution >= 0.6 is 30.6 Å². The third kappa shape index (κ3) is 5.80. The molecular formula is C22H29FN3O4PS2. The zero-order chi connectivity index (χ0) is 24.0. The predicted molar refractivity (Wildman–Crippen MR) is 134 cm³/mol. The van der Waals surface area contributed by atoms with Crippen LogP contribution in [0.25, 0.3) is 5.69 Å². The van der Waals surface area contributed by atoms with Gasteiger partial charge in [0.25, 0.3) is 0 Å². The van der Waals surface area contributed by atoms with Crippen molar-refractivity contribution in [3.05, 3.63) is 45.3 Å². The van der Waals surface area contributed by atoms with E-state index in [1.54, 1.807) is 66.0 Å². The van der Waals surface area contributed by atoms with Gasteiger partial charge in [-0.05, 0) is 63.6 Å². The zero-order valence-corrected chi connectivity index (χ0v) is 21.7. The molecule has 180 valence electrons. The Morgan fingerprint density at radius 3 is 2.58 bits per heavy atom. The summed E-state index contributed by atoms with van der Waals surface area (Å²) in [6.07, 6.45) is 2.23. The Hall–Kier alpha value is -1.87. The normalized spacial score (nSPS) is 13.2. The van der Waals surface area contributed by atoms with Crippen LogP contribution < -0.4 is 20.8 Å². The fourth-order valence-electron chi connectivity index (χ4n) is 3.30. The van der Waals surface area contributed by atoms with Gasteiger partial charge in [0.05, 0.1) is 29.9 Å². The van der Waals surface area contributed by atoms with E-state index in [9.17, 15) is 13.8 Å². The number of thioether (sulfide) groups is 1.